The van der Waals surface area contributed by atoms with E-state index >= 15 is 0 Å². The molecule has 1 heterocycles. The van der Waals surface area contributed by atoms with Gasteiger partial charge in [0.05, 0.1) is 17.3 Å². The maximum absolute atomic E-state index is 13.4. The van der Waals surface area contributed by atoms with Crippen LogP contribution in [-0.2, 0) is 0 Å². The van der Waals surface area contributed by atoms with Gasteiger partial charge in [0, 0.05) is 6.07 Å². The summed E-state index contributed by atoms with van der Waals surface area (Å²) in [5, 5.41) is 12.2. The summed E-state index contributed by atoms with van der Waals surface area (Å²) < 4.78 is 44.1. The first-order valence-electron chi connectivity index (χ1n) is 4.09. The first-order chi connectivity index (χ1) is 7.52. The van der Waals surface area contributed by atoms with Crippen LogP contribution in [0.4, 0.5) is 19.1 Å². The third-order valence-corrected chi connectivity index (χ3v) is 2.00. The van der Waals surface area contributed by atoms with Crippen molar-refractivity contribution in [3.05, 3.63) is 29.7 Å². The molecule has 2 aromatic rings. The molecule has 0 aliphatic carbocycles. The van der Waals surface area contributed by atoms with Crippen molar-refractivity contribution >= 4 is 5.88 Å². The van der Waals surface area contributed by atoms with Crippen LogP contribution in [0.5, 0.6) is 5.75 Å². The summed E-state index contributed by atoms with van der Waals surface area (Å²) in [6.07, 6.45) is 0.926. The lowest BCUT2D eigenvalue weighted by molar-refractivity contribution is 0.415. The molecule has 0 saturated carbocycles. The maximum atomic E-state index is 13.4. The molecule has 1 aromatic carbocycles. The molecule has 0 saturated heterocycles. The highest BCUT2D eigenvalue weighted by atomic mass is 19.2. The van der Waals surface area contributed by atoms with Crippen LogP contribution in [0, 0.1) is 17.5 Å². The molecule has 0 aliphatic rings. The minimum Gasteiger partial charge on any atom is -0.505 e. The van der Waals surface area contributed by atoms with Gasteiger partial charge >= 0.3 is 0 Å². The summed E-state index contributed by atoms with van der Waals surface area (Å²) in [5.74, 6) is -5.58. The number of aromatic hydroxyl groups is 1. The highest BCUT2D eigenvalue weighted by Crippen LogP contribution is 2.35. The standard InChI is InChI=1S/C9H5F3N2O2/c10-4-1-5(15)8(12)6(7(4)11)3-2-14-16-9(3)13/h1-2,15H,13H2. The first-order valence-corrected chi connectivity index (χ1v) is 4.09. The lowest BCUT2D eigenvalue weighted by atomic mass is 10.1. The number of phenolic OH excluding ortho intramolecular Hbond substituents is 1. The Morgan fingerprint density at radius 1 is 1.25 bits per heavy atom. The van der Waals surface area contributed by atoms with E-state index in [0.29, 0.717) is 6.07 Å². The quantitative estimate of drug-likeness (QED) is 0.735. The van der Waals surface area contributed by atoms with Gasteiger partial charge in [0.1, 0.15) is 0 Å². The molecule has 0 fully saturated rings. The average Bonchev–Trinajstić information content (AvgIpc) is 2.63. The fourth-order valence-corrected chi connectivity index (χ4v) is 1.26. The minimum absolute atomic E-state index is 0.259. The Morgan fingerprint density at radius 2 is 1.94 bits per heavy atom. The maximum Gasteiger partial charge on any atom is 0.230 e. The van der Waals surface area contributed by atoms with E-state index in [1.807, 2.05) is 0 Å². The average molecular weight is 230 g/mol. The normalized spacial score (nSPS) is 10.7. The Bertz CT molecular complexity index is 528. The van der Waals surface area contributed by atoms with Crippen molar-refractivity contribution < 1.29 is 22.8 Å². The second kappa shape index (κ2) is 3.44. The molecule has 4 nitrogen and oxygen atoms in total. The number of phenols is 1. The topological polar surface area (TPSA) is 72.3 Å². The molecule has 1 aromatic heterocycles. The zero-order chi connectivity index (χ0) is 11.9. The van der Waals surface area contributed by atoms with Crippen molar-refractivity contribution in [1.29, 1.82) is 0 Å². The van der Waals surface area contributed by atoms with Crippen molar-refractivity contribution in [1.82, 2.24) is 5.16 Å². The predicted molar refractivity (Wildman–Crippen MR) is 47.9 cm³/mol. The number of anilines is 1. The third-order valence-electron chi connectivity index (χ3n) is 2.00. The molecule has 7 heteroatoms. The molecule has 0 amide bonds. The van der Waals surface area contributed by atoms with Crippen molar-refractivity contribution in [2.24, 2.45) is 0 Å². The molecular weight excluding hydrogens is 225 g/mol. The second-order valence-electron chi connectivity index (χ2n) is 2.98. The second-order valence-corrected chi connectivity index (χ2v) is 2.98. The zero-order valence-corrected chi connectivity index (χ0v) is 7.67. The van der Waals surface area contributed by atoms with Gasteiger partial charge in [0.15, 0.2) is 23.2 Å². The third kappa shape index (κ3) is 1.37. The van der Waals surface area contributed by atoms with E-state index in [2.05, 4.69) is 9.68 Å². The van der Waals surface area contributed by atoms with E-state index in [0.717, 1.165) is 6.20 Å². The van der Waals surface area contributed by atoms with Gasteiger partial charge < -0.3 is 15.4 Å². The lowest BCUT2D eigenvalue weighted by Gasteiger charge is -2.05. The Hall–Kier alpha value is -2.18. The summed E-state index contributed by atoms with van der Waals surface area (Å²) in [5.41, 5.74) is 4.18. The Kier molecular flexibility index (Phi) is 2.22. The monoisotopic (exact) mass is 230 g/mol. The van der Waals surface area contributed by atoms with E-state index in [1.165, 1.54) is 0 Å². The lowest BCUT2D eigenvalue weighted by Crippen LogP contribution is -1.96. The van der Waals surface area contributed by atoms with Crippen LogP contribution >= 0.6 is 0 Å². The first kappa shape index (κ1) is 10.3. The predicted octanol–water partition coefficient (Wildman–Crippen LogP) is 2.05. The number of hydrogen-bond donors (Lipinski definition) is 2. The molecule has 0 bridgehead atoms. The highest BCUT2D eigenvalue weighted by Gasteiger charge is 2.23. The number of nitrogens with zero attached hydrogens (tertiary/aromatic N) is 1. The van der Waals surface area contributed by atoms with Gasteiger partial charge in [-0.05, 0) is 0 Å². The number of halogens is 3. The summed E-state index contributed by atoms with van der Waals surface area (Å²) >= 11 is 0. The van der Waals surface area contributed by atoms with Gasteiger partial charge in [-0.1, -0.05) is 5.16 Å². The number of nitrogen functional groups attached to an aromatic ring is 1. The zero-order valence-electron chi connectivity index (χ0n) is 7.67. The molecule has 16 heavy (non-hydrogen) atoms. The molecular formula is C9H5F3N2O2. The fourth-order valence-electron chi connectivity index (χ4n) is 1.26. The van der Waals surface area contributed by atoms with Crippen LogP contribution in [0.25, 0.3) is 11.1 Å². The van der Waals surface area contributed by atoms with Crippen LogP contribution in [0.3, 0.4) is 0 Å². The molecule has 3 N–H and O–H groups in total. The number of benzene rings is 1. The Labute approximate surface area is 87.1 Å². The smallest absolute Gasteiger partial charge is 0.230 e. The largest absolute Gasteiger partial charge is 0.505 e. The molecule has 0 spiro atoms. The van der Waals surface area contributed by atoms with E-state index in [1.54, 1.807) is 0 Å². The summed E-state index contributed by atoms with van der Waals surface area (Å²) in [6.45, 7) is 0. The fraction of sp³-hybridized carbons (Fsp3) is 0. The molecule has 0 atom stereocenters. The van der Waals surface area contributed by atoms with E-state index in [9.17, 15) is 13.2 Å². The van der Waals surface area contributed by atoms with Crippen LogP contribution < -0.4 is 5.73 Å². The van der Waals surface area contributed by atoms with E-state index in [4.69, 9.17) is 10.8 Å². The highest BCUT2D eigenvalue weighted by molar-refractivity contribution is 5.74. The van der Waals surface area contributed by atoms with Gasteiger partial charge in [-0.2, -0.15) is 0 Å². The SMILES string of the molecule is Nc1oncc1-c1c(F)c(O)cc(F)c1F. The summed E-state index contributed by atoms with van der Waals surface area (Å²) in [7, 11) is 0. The Morgan fingerprint density at radius 3 is 2.50 bits per heavy atom. The van der Waals surface area contributed by atoms with E-state index in [-0.39, 0.29) is 11.4 Å². The van der Waals surface area contributed by atoms with Crippen LogP contribution in [0.15, 0.2) is 16.8 Å². The number of aromatic nitrogens is 1. The van der Waals surface area contributed by atoms with Crippen molar-refractivity contribution in [2.75, 3.05) is 5.73 Å². The molecule has 0 radical (unpaired) electrons. The summed E-state index contributed by atoms with van der Waals surface area (Å²) in [4.78, 5) is 0. The van der Waals surface area contributed by atoms with Gasteiger partial charge in [0.25, 0.3) is 0 Å². The van der Waals surface area contributed by atoms with Crippen molar-refractivity contribution in [3.8, 4) is 16.9 Å². The van der Waals surface area contributed by atoms with Crippen molar-refractivity contribution in [3.63, 3.8) is 0 Å². The van der Waals surface area contributed by atoms with Crippen LogP contribution in [-0.4, -0.2) is 10.3 Å². The van der Waals surface area contributed by atoms with Gasteiger partial charge in [-0.3, -0.25) is 0 Å². The van der Waals surface area contributed by atoms with Crippen molar-refractivity contribution in [2.45, 2.75) is 0 Å². The minimum atomic E-state index is -1.47. The van der Waals surface area contributed by atoms with E-state index < -0.39 is 28.8 Å². The van der Waals surface area contributed by atoms with Crippen LogP contribution in [0.2, 0.25) is 0 Å². The van der Waals surface area contributed by atoms with Crippen LogP contribution in [0.1, 0.15) is 0 Å². The van der Waals surface area contributed by atoms with Gasteiger partial charge in [-0.15, -0.1) is 0 Å². The Balaban J connectivity index is 2.79. The molecule has 84 valence electrons. The molecule has 0 aliphatic heterocycles. The number of hydrogen-bond acceptors (Lipinski definition) is 4. The number of rotatable bonds is 1. The molecule has 0 unspecified atom stereocenters. The van der Waals surface area contributed by atoms with Gasteiger partial charge in [0.2, 0.25) is 5.88 Å². The summed E-state index contributed by atoms with van der Waals surface area (Å²) in [6, 6.07) is 0.331. The van der Waals surface area contributed by atoms with Gasteiger partial charge in [-0.25, -0.2) is 13.2 Å². The number of nitrogens with two attached hydrogens (primary N) is 1. The molecule has 2 rings (SSSR count).